The minimum Gasteiger partial charge on any atom is -0.480 e. The topological polar surface area (TPSA) is 104 Å². The third-order valence-corrected chi connectivity index (χ3v) is 5.58. The standard InChI is InChI=1S/C12H12N2O6S3/c15-6-20-3-1-2-13-7(16)5-22-11(13)9-10(19)14(4-8(17)18)12(21)23-9/h6H,1-5H2,(H,17,18). The van der Waals surface area contributed by atoms with E-state index in [9.17, 15) is 19.2 Å². The molecule has 0 aromatic carbocycles. The first-order valence-electron chi connectivity index (χ1n) is 6.44. The van der Waals surface area contributed by atoms with Crippen LogP contribution in [0.15, 0.2) is 9.93 Å². The molecule has 0 aromatic rings. The monoisotopic (exact) mass is 376 g/mol. The Bertz CT molecular complexity index is 606. The number of aliphatic carboxylic acids is 1. The predicted octanol–water partition coefficient (Wildman–Crippen LogP) is 0.239. The molecule has 1 N–H and O–H groups in total. The van der Waals surface area contributed by atoms with Gasteiger partial charge in [-0.2, -0.15) is 0 Å². The van der Waals surface area contributed by atoms with E-state index >= 15 is 0 Å². The zero-order chi connectivity index (χ0) is 17.0. The van der Waals surface area contributed by atoms with Crippen LogP contribution in [0.1, 0.15) is 6.42 Å². The Morgan fingerprint density at radius 1 is 1.39 bits per heavy atom. The molecule has 2 saturated heterocycles. The van der Waals surface area contributed by atoms with E-state index in [0.29, 0.717) is 24.5 Å². The van der Waals surface area contributed by atoms with Crippen LogP contribution in [0.3, 0.4) is 0 Å². The number of carboxylic acids is 1. The summed E-state index contributed by atoms with van der Waals surface area (Å²) in [5.74, 6) is -1.62. The molecule has 0 bridgehead atoms. The highest BCUT2D eigenvalue weighted by Gasteiger charge is 2.40. The lowest BCUT2D eigenvalue weighted by Gasteiger charge is -2.18. The fourth-order valence-electron chi connectivity index (χ4n) is 1.97. The van der Waals surface area contributed by atoms with Crippen LogP contribution in [-0.2, 0) is 23.9 Å². The molecule has 2 heterocycles. The van der Waals surface area contributed by atoms with Gasteiger partial charge in [0.1, 0.15) is 15.8 Å². The summed E-state index contributed by atoms with van der Waals surface area (Å²) >= 11 is 7.25. The van der Waals surface area contributed by atoms with E-state index in [2.05, 4.69) is 4.74 Å². The average Bonchev–Trinajstić information content (AvgIpc) is 2.98. The van der Waals surface area contributed by atoms with E-state index < -0.39 is 18.4 Å². The van der Waals surface area contributed by atoms with E-state index in [4.69, 9.17) is 17.3 Å². The predicted molar refractivity (Wildman–Crippen MR) is 87.4 cm³/mol. The molecular weight excluding hydrogens is 364 g/mol. The number of ether oxygens (including phenoxy) is 1. The van der Waals surface area contributed by atoms with Crippen molar-refractivity contribution in [1.82, 2.24) is 9.80 Å². The van der Waals surface area contributed by atoms with Crippen LogP contribution in [0.4, 0.5) is 0 Å². The molecule has 2 aliphatic rings. The van der Waals surface area contributed by atoms with Gasteiger partial charge in [-0.05, 0) is 6.42 Å². The number of carbonyl (C=O) groups is 4. The molecule has 2 fully saturated rings. The van der Waals surface area contributed by atoms with Crippen molar-refractivity contribution in [2.75, 3.05) is 25.4 Å². The summed E-state index contributed by atoms with van der Waals surface area (Å²) in [6.45, 7) is 0.301. The Labute approximate surface area is 145 Å². The van der Waals surface area contributed by atoms with E-state index in [-0.39, 0.29) is 27.5 Å². The summed E-state index contributed by atoms with van der Waals surface area (Å²) in [4.78, 5) is 47.9. The van der Waals surface area contributed by atoms with E-state index in [1.807, 2.05) is 0 Å². The highest BCUT2D eigenvalue weighted by Crippen LogP contribution is 2.41. The first-order valence-corrected chi connectivity index (χ1v) is 8.65. The normalized spacial score (nSPS) is 21.3. The number of nitrogens with zero attached hydrogens (tertiary/aromatic N) is 2. The fraction of sp³-hybridized carbons (Fsp3) is 0.417. The molecule has 0 saturated carbocycles. The van der Waals surface area contributed by atoms with Crippen LogP contribution in [0, 0.1) is 0 Å². The third-order valence-electron chi connectivity index (χ3n) is 2.93. The molecule has 2 aliphatic heterocycles. The summed E-state index contributed by atoms with van der Waals surface area (Å²) in [7, 11) is 0. The van der Waals surface area contributed by atoms with Gasteiger partial charge in [0.05, 0.1) is 17.4 Å². The van der Waals surface area contributed by atoms with Gasteiger partial charge < -0.3 is 14.7 Å². The zero-order valence-corrected chi connectivity index (χ0v) is 14.2. The van der Waals surface area contributed by atoms with Crippen LogP contribution in [-0.4, -0.2) is 68.9 Å². The number of rotatable bonds is 7. The van der Waals surface area contributed by atoms with Crippen molar-refractivity contribution in [3.8, 4) is 0 Å². The van der Waals surface area contributed by atoms with E-state index in [1.54, 1.807) is 0 Å². The Hall–Kier alpha value is -1.59. The van der Waals surface area contributed by atoms with Crippen molar-refractivity contribution in [3.63, 3.8) is 0 Å². The molecule has 0 atom stereocenters. The molecule has 124 valence electrons. The number of carboxylic acid groups (broad SMARTS) is 1. The third kappa shape index (κ3) is 4.03. The second kappa shape index (κ2) is 7.79. The van der Waals surface area contributed by atoms with Gasteiger partial charge in [-0.15, -0.1) is 0 Å². The van der Waals surface area contributed by atoms with E-state index in [1.165, 1.54) is 16.7 Å². The van der Waals surface area contributed by atoms with Crippen LogP contribution in [0.25, 0.3) is 0 Å². The lowest BCUT2D eigenvalue weighted by Crippen LogP contribution is -2.34. The molecule has 0 aliphatic carbocycles. The van der Waals surface area contributed by atoms with Crippen LogP contribution >= 0.6 is 35.7 Å². The van der Waals surface area contributed by atoms with Crippen molar-refractivity contribution in [2.45, 2.75) is 6.42 Å². The van der Waals surface area contributed by atoms with E-state index in [0.717, 1.165) is 16.7 Å². The first kappa shape index (κ1) is 17.8. The van der Waals surface area contributed by atoms with Crippen molar-refractivity contribution < 1.29 is 29.0 Å². The Morgan fingerprint density at radius 2 is 2.13 bits per heavy atom. The van der Waals surface area contributed by atoms with Crippen LogP contribution in [0.5, 0.6) is 0 Å². The van der Waals surface area contributed by atoms with Crippen molar-refractivity contribution in [2.24, 2.45) is 0 Å². The fourth-order valence-corrected chi connectivity index (χ4v) is 4.48. The molecular formula is C12H12N2O6S3. The Morgan fingerprint density at radius 3 is 2.78 bits per heavy atom. The van der Waals surface area contributed by atoms with Gasteiger partial charge in [0, 0.05) is 6.54 Å². The lowest BCUT2D eigenvalue weighted by atomic mass is 10.4. The zero-order valence-electron chi connectivity index (χ0n) is 11.7. The number of amides is 2. The Balaban J connectivity index is 2.16. The maximum absolute atomic E-state index is 12.3. The van der Waals surface area contributed by atoms with Gasteiger partial charge in [0.25, 0.3) is 12.4 Å². The highest BCUT2D eigenvalue weighted by molar-refractivity contribution is 8.27. The highest BCUT2D eigenvalue weighted by atomic mass is 32.2. The first-order chi connectivity index (χ1) is 11.0. The minimum absolute atomic E-state index is 0.153. The maximum Gasteiger partial charge on any atom is 0.323 e. The molecule has 23 heavy (non-hydrogen) atoms. The number of hydrogen-bond acceptors (Lipinski definition) is 8. The summed E-state index contributed by atoms with van der Waals surface area (Å²) in [6, 6.07) is 0. The minimum atomic E-state index is -1.16. The average molecular weight is 376 g/mol. The van der Waals surface area contributed by atoms with Crippen molar-refractivity contribution >= 4 is 64.3 Å². The molecule has 2 amide bonds. The van der Waals surface area contributed by atoms with Gasteiger partial charge >= 0.3 is 5.97 Å². The van der Waals surface area contributed by atoms with Crippen LogP contribution in [0.2, 0.25) is 0 Å². The molecule has 2 rings (SSSR count). The number of hydrogen-bond donors (Lipinski definition) is 1. The number of thioether (sulfide) groups is 2. The summed E-state index contributed by atoms with van der Waals surface area (Å²) in [5, 5.41) is 9.31. The second-order valence-electron chi connectivity index (χ2n) is 4.44. The molecule has 0 unspecified atom stereocenters. The largest absolute Gasteiger partial charge is 0.480 e. The van der Waals surface area contributed by atoms with Gasteiger partial charge in [-0.1, -0.05) is 35.7 Å². The van der Waals surface area contributed by atoms with Gasteiger partial charge in [0.15, 0.2) is 0 Å². The SMILES string of the molecule is O=COCCCN1C(=O)CSC1=C1SC(=S)N(CC(=O)O)C1=O. The summed E-state index contributed by atoms with van der Waals surface area (Å²) < 4.78 is 4.74. The van der Waals surface area contributed by atoms with Crippen molar-refractivity contribution in [3.05, 3.63) is 9.93 Å². The second-order valence-corrected chi connectivity index (χ2v) is 7.05. The van der Waals surface area contributed by atoms with Gasteiger partial charge in [-0.3, -0.25) is 24.1 Å². The van der Waals surface area contributed by atoms with Gasteiger partial charge in [0.2, 0.25) is 5.91 Å². The van der Waals surface area contributed by atoms with Gasteiger partial charge in [-0.25, -0.2) is 0 Å². The maximum atomic E-state index is 12.3. The summed E-state index contributed by atoms with van der Waals surface area (Å²) in [6.07, 6.45) is 0.434. The molecule has 0 aromatic heterocycles. The molecule has 8 nitrogen and oxygen atoms in total. The molecule has 0 spiro atoms. The number of carbonyl (C=O) groups excluding carboxylic acids is 3. The lowest BCUT2D eigenvalue weighted by molar-refractivity contribution is -0.140. The molecule has 0 radical (unpaired) electrons. The molecule has 11 heteroatoms. The number of thiocarbonyl (C=S) groups is 1. The van der Waals surface area contributed by atoms with Crippen molar-refractivity contribution in [1.29, 1.82) is 0 Å². The smallest absolute Gasteiger partial charge is 0.323 e. The van der Waals surface area contributed by atoms with Crippen LogP contribution < -0.4 is 0 Å². The quantitative estimate of drug-likeness (QED) is 0.289. The summed E-state index contributed by atoms with van der Waals surface area (Å²) in [5.41, 5.74) is 0. The Kier molecular flexibility index (Phi) is 6.02.